The third-order valence-corrected chi connectivity index (χ3v) is 1.37. The monoisotopic (exact) mass is 169 g/mol. The van der Waals surface area contributed by atoms with Crippen LogP contribution in [0, 0.1) is 0 Å². The molecule has 0 aromatic carbocycles. The maximum atomic E-state index is 11.3. The molecule has 4 heteroatoms. The van der Waals surface area contributed by atoms with Crippen molar-refractivity contribution in [1.29, 1.82) is 0 Å². The van der Waals surface area contributed by atoms with E-state index in [4.69, 9.17) is 14.9 Å². The second kappa shape index (κ2) is 4.04. The van der Waals surface area contributed by atoms with Gasteiger partial charge in [0.25, 0.3) is 0 Å². The van der Waals surface area contributed by atoms with Crippen LogP contribution in [0.1, 0.15) is 17.5 Å². The lowest BCUT2D eigenvalue weighted by Gasteiger charge is -2.07. The van der Waals surface area contributed by atoms with Gasteiger partial charge in [-0.3, -0.25) is 10.5 Å². The third-order valence-electron chi connectivity index (χ3n) is 1.37. The van der Waals surface area contributed by atoms with Gasteiger partial charge in [0.05, 0.1) is 6.26 Å². The summed E-state index contributed by atoms with van der Waals surface area (Å²) in [5.41, 5.74) is 5.39. The van der Waals surface area contributed by atoms with E-state index in [0.29, 0.717) is 6.61 Å². The highest BCUT2D eigenvalue weighted by molar-refractivity contribution is 5.96. The Bertz CT molecular complexity index is 243. The fourth-order valence-electron chi connectivity index (χ4n) is 0.814. The highest BCUT2D eigenvalue weighted by Crippen LogP contribution is 2.03. The summed E-state index contributed by atoms with van der Waals surface area (Å²) in [5, 5.41) is 0. The maximum Gasteiger partial charge on any atom is 0.241 e. The zero-order valence-electron chi connectivity index (χ0n) is 6.82. The number of Topliss-reactive ketones (excluding diaryl/α,β-unsaturated/α-hetero) is 1. The van der Waals surface area contributed by atoms with Crippen LogP contribution in [-0.4, -0.2) is 18.6 Å². The van der Waals surface area contributed by atoms with Gasteiger partial charge in [0, 0.05) is 6.61 Å². The number of ketones is 1. The smallest absolute Gasteiger partial charge is 0.241 e. The van der Waals surface area contributed by atoms with Crippen molar-refractivity contribution in [3.63, 3.8) is 0 Å². The van der Waals surface area contributed by atoms with Gasteiger partial charge in [-0.15, -0.1) is 0 Å². The van der Waals surface area contributed by atoms with Crippen molar-refractivity contribution in [3.8, 4) is 0 Å². The molecule has 1 unspecified atom stereocenters. The van der Waals surface area contributed by atoms with E-state index < -0.39 is 6.23 Å². The molecule has 1 atom stereocenters. The topological polar surface area (TPSA) is 65.5 Å². The molecule has 66 valence electrons. The molecule has 4 nitrogen and oxygen atoms in total. The van der Waals surface area contributed by atoms with Crippen molar-refractivity contribution in [2.75, 3.05) is 6.61 Å². The summed E-state index contributed by atoms with van der Waals surface area (Å²) >= 11 is 0. The van der Waals surface area contributed by atoms with E-state index >= 15 is 0 Å². The van der Waals surface area contributed by atoms with Crippen LogP contribution < -0.4 is 5.73 Å². The molecule has 0 aliphatic carbocycles. The van der Waals surface area contributed by atoms with Gasteiger partial charge in [-0.1, -0.05) is 0 Å². The number of rotatable bonds is 4. The van der Waals surface area contributed by atoms with Crippen LogP contribution in [0.4, 0.5) is 0 Å². The highest BCUT2D eigenvalue weighted by Gasteiger charge is 2.17. The second-order valence-corrected chi connectivity index (χ2v) is 2.22. The largest absolute Gasteiger partial charge is 0.461 e. The SMILES string of the molecule is CCOC(N)C(=O)c1ccco1. The summed E-state index contributed by atoms with van der Waals surface area (Å²) in [5.74, 6) is -0.0993. The number of carbonyl (C=O) groups is 1. The van der Waals surface area contributed by atoms with E-state index in [1.807, 2.05) is 0 Å². The summed E-state index contributed by atoms with van der Waals surface area (Å²) in [6.07, 6.45) is 0.507. The van der Waals surface area contributed by atoms with Gasteiger partial charge < -0.3 is 9.15 Å². The van der Waals surface area contributed by atoms with E-state index in [0.717, 1.165) is 0 Å². The summed E-state index contributed by atoms with van der Waals surface area (Å²) in [6, 6.07) is 3.19. The zero-order valence-corrected chi connectivity index (χ0v) is 6.82. The summed E-state index contributed by atoms with van der Waals surface area (Å²) in [6.45, 7) is 2.18. The molecule has 0 amide bonds. The Hall–Kier alpha value is -1.13. The standard InChI is InChI=1S/C8H11NO3/c1-2-11-8(9)7(10)6-4-3-5-12-6/h3-5,8H,2,9H2,1H3. The van der Waals surface area contributed by atoms with Crippen LogP contribution in [0.5, 0.6) is 0 Å². The number of hydrogen-bond acceptors (Lipinski definition) is 4. The van der Waals surface area contributed by atoms with E-state index in [1.165, 1.54) is 6.26 Å². The molecule has 0 saturated heterocycles. The second-order valence-electron chi connectivity index (χ2n) is 2.22. The average molecular weight is 169 g/mol. The molecule has 0 aliphatic rings. The Balaban J connectivity index is 2.59. The van der Waals surface area contributed by atoms with Gasteiger partial charge >= 0.3 is 0 Å². The van der Waals surface area contributed by atoms with Crippen LogP contribution in [0.2, 0.25) is 0 Å². The number of nitrogens with two attached hydrogens (primary N) is 1. The molecule has 2 N–H and O–H groups in total. The number of ether oxygens (including phenoxy) is 1. The number of furan rings is 1. The van der Waals surface area contributed by atoms with E-state index in [2.05, 4.69) is 0 Å². The lowest BCUT2D eigenvalue weighted by Crippen LogP contribution is -2.33. The van der Waals surface area contributed by atoms with Gasteiger partial charge in [-0.25, -0.2) is 0 Å². The first kappa shape index (κ1) is 8.96. The summed E-state index contributed by atoms with van der Waals surface area (Å²) in [7, 11) is 0. The quantitative estimate of drug-likeness (QED) is 0.534. The van der Waals surface area contributed by atoms with Gasteiger partial charge in [-0.2, -0.15) is 0 Å². The Kier molecular flexibility index (Phi) is 3.01. The zero-order chi connectivity index (χ0) is 8.97. The molecule has 0 aliphatic heterocycles. The van der Waals surface area contributed by atoms with Crippen LogP contribution in [0.3, 0.4) is 0 Å². The van der Waals surface area contributed by atoms with Crippen molar-refractivity contribution in [1.82, 2.24) is 0 Å². The van der Waals surface area contributed by atoms with Crippen molar-refractivity contribution in [2.45, 2.75) is 13.2 Å². The Morgan fingerprint density at radius 2 is 2.58 bits per heavy atom. The minimum Gasteiger partial charge on any atom is -0.461 e. The fourth-order valence-corrected chi connectivity index (χ4v) is 0.814. The van der Waals surface area contributed by atoms with Crippen LogP contribution in [0.15, 0.2) is 22.8 Å². The van der Waals surface area contributed by atoms with Crippen molar-refractivity contribution >= 4 is 5.78 Å². The molecule has 1 aromatic rings. The fraction of sp³-hybridized carbons (Fsp3) is 0.375. The molecule has 0 spiro atoms. The highest BCUT2D eigenvalue weighted by atomic mass is 16.5. The first-order chi connectivity index (χ1) is 5.75. The Morgan fingerprint density at radius 3 is 3.08 bits per heavy atom. The average Bonchev–Trinajstić information content (AvgIpc) is 2.55. The van der Waals surface area contributed by atoms with E-state index in [-0.39, 0.29) is 11.5 Å². The Morgan fingerprint density at radius 1 is 1.83 bits per heavy atom. The van der Waals surface area contributed by atoms with Gasteiger partial charge in [-0.05, 0) is 19.1 Å². The van der Waals surface area contributed by atoms with Crippen LogP contribution >= 0.6 is 0 Å². The van der Waals surface area contributed by atoms with E-state index in [9.17, 15) is 4.79 Å². The molecule has 0 radical (unpaired) electrons. The first-order valence-corrected chi connectivity index (χ1v) is 3.70. The van der Waals surface area contributed by atoms with Crippen molar-refractivity contribution in [3.05, 3.63) is 24.2 Å². The Labute approximate surface area is 70.3 Å². The predicted molar refractivity (Wildman–Crippen MR) is 42.6 cm³/mol. The summed E-state index contributed by atoms with van der Waals surface area (Å²) in [4.78, 5) is 11.3. The minimum absolute atomic E-state index is 0.232. The lowest BCUT2D eigenvalue weighted by molar-refractivity contribution is 0.0455. The summed E-state index contributed by atoms with van der Waals surface area (Å²) < 4.78 is 9.75. The lowest BCUT2D eigenvalue weighted by atomic mass is 10.3. The molecular formula is C8H11NO3. The van der Waals surface area contributed by atoms with Gasteiger partial charge in [0.15, 0.2) is 12.0 Å². The molecule has 0 bridgehead atoms. The molecule has 1 rings (SSSR count). The van der Waals surface area contributed by atoms with Gasteiger partial charge in [0.2, 0.25) is 5.78 Å². The molecule has 0 saturated carbocycles. The normalized spacial score (nSPS) is 12.8. The maximum absolute atomic E-state index is 11.3. The molecular weight excluding hydrogens is 158 g/mol. The van der Waals surface area contributed by atoms with Gasteiger partial charge in [0.1, 0.15) is 0 Å². The first-order valence-electron chi connectivity index (χ1n) is 3.70. The molecule has 1 heterocycles. The molecule has 12 heavy (non-hydrogen) atoms. The molecule has 1 aromatic heterocycles. The number of carbonyl (C=O) groups excluding carboxylic acids is 1. The minimum atomic E-state index is -0.916. The molecule has 0 fully saturated rings. The number of hydrogen-bond donors (Lipinski definition) is 1. The predicted octanol–water partition coefficient (Wildman–Crippen LogP) is 0.784. The van der Waals surface area contributed by atoms with Crippen molar-refractivity contribution in [2.24, 2.45) is 5.73 Å². The third kappa shape index (κ3) is 1.93. The van der Waals surface area contributed by atoms with E-state index in [1.54, 1.807) is 19.1 Å². The van der Waals surface area contributed by atoms with Crippen molar-refractivity contribution < 1.29 is 13.9 Å². The van der Waals surface area contributed by atoms with Crippen LogP contribution in [-0.2, 0) is 4.74 Å². The van der Waals surface area contributed by atoms with Crippen LogP contribution in [0.25, 0.3) is 0 Å².